The van der Waals surface area contributed by atoms with Crippen LogP contribution >= 0.6 is 11.8 Å². The number of carboxylic acids is 2. The minimum Gasteiger partial charge on any atom is -0.481 e. The SMILES string of the molecule is Cc1nnc(SCC(=O)O)n1-c1ccc(C(=O)O)cc1. The smallest absolute Gasteiger partial charge is 0.335 e. The molecule has 0 saturated heterocycles. The Bertz CT molecular complexity index is 651. The van der Waals surface area contributed by atoms with Crippen molar-refractivity contribution in [3.05, 3.63) is 35.7 Å². The van der Waals surface area contributed by atoms with Crippen molar-refractivity contribution in [2.24, 2.45) is 0 Å². The minimum atomic E-state index is -1.00. The summed E-state index contributed by atoms with van der Waals surface area (Å²) in [7, 11) is 0. The molecule has 104 valence electrons. The van der Waals surface area contributed by atoms with Gasteiger partial charge in [0.25, 0.3) is 0 Å². The summed E-state index contributed by atoms with van der Waals surface area (Å²) in [5, 5.41) is 25.8. The summed E-state index contributed by atoms with van der Waals surface area (Å²) >= 11 is 1.05. The van der Waals surface area contributed by atoms with Gasteiger partial charge in [-0.25, -0.2) is 4.79 Å². The highest BCUT2D eigenvalue weighted by Gasteiger charge is 2.13. The Morgan fingerprint density at radius 1 is 1.20 bits per heavy atom. The molecule has 1 heterocycles. The molecule has 2 rings (SSSR count). The predicted octanol–water partition coefficient (Wildman–Crippen LogP) is 1.45. The molecule has 2 N–H and O–H groups in total. The number of carboxylic acid groups (broad SMARTS) is 2. The van der Waals surface area contributed by atoms with Gasteiger partial charge in [0.05, 0.1) is 11.3 Å². The van der Waals surface area contributed by atoms with Crippen molar-refractivity contribution >= 4 is 23.7 Å². The zero-order valence-corrected chi connectivity index (χ0v) is 11.3. The summed E-state index contributed by atoms with van der Waals surface area (Å²) in [6.07, 6.45) is 0. The highest BCUT2D eigenvalue weighted by molar-refractivity contribution is 7.99. The molecule has 0 amide bonds. The van der Waals surface area contributed by atoms with Gasteiger partial charge in [0.1, 0.15) is 5.82 Å². The standard InChI is InChI=1S/C12H11N3O4S/c1-7-13-14-12(20-6-10(16)17)15(7)9-4-2-8(3-5-9)11(18)19/h2-5H,6H2,1H3,(H,16,17)(H,18,19). The van der Waals surface area contributed by atoms with Crippen molar-refractivity contribution in [1.82, 2.24) is 14.8 Å². The van der Waals surface area contributed by atoms with Crippen LogP contribution in [0.4, 0.5) is 0 Å². The maximum atomic E-state index is 10.8. The molecule has 0 bridgehead atoms. The quantitative estimate of drug-likeness (QED) is 0.804. The molecule has 0 aliphatic heterocycles. The fraction of sp³-hybridized carbons (Fsp3) is 0.167. The molecule has 0 spiro atoms. The summed E-state index contributed by atoms with van der Waals surface area (Å²) in [4.78, 5) is 21.4. The van der Waals surface area contributed by atoms with Crippen molar-refractivity contribution in [2.75, 3.05) is 5.75 Å². The van der Waals surface area contributed by atoms with E-state index in [9.17, 15) is 9.59 Å². The number of aryl methyl sites for hydroxylation is 1. The number of hydrogen-bond donors (Lipinski definition) is 2. The molecule has 0 aliphatic rings. The van der Waals surface area contributed by atoms with Gasteiger partial charge in [-0.3, -0.25) is 9.36 Å². The van der Waals surface area contributed by atoms with Gasteiger partial charge in [0.2, 0.25) is 0 Å². The number of carbonyl (C=O) groups is 2. The Morgan fingerprint density at radius 3 is 2.40 bits per heavy atom. The molecule has 20 heavy (non-hydrogen) atoms. The molecule has 0 aliphatic carbocycles. The average molecular weight is 293 g/mol. The molecule has 1 aromatic carbocycles. The summed E-state index contributed by atoms with van der Waals surface area (Å²) in [6, 6.07) is 6.21. The van der Waals surface area contributed by atoms with Crippen LogP contribution in [-0.4, -0.2) is 42.7 Å². The van der Waals surface area contributed by atoms with Gasteiger partial charge in [-0.15, -0.1) is 10.2 Å². The molecular weight excluding hydrogens is 282 g/mol. The van der Waals surface area contributed by atoms with Gasteiger partial charge in [-0.1, -0.05) is 11.8 Å². The first kappa shape index (κ1) is 14.1. The fourth-order valence-electron chi connectivity index (χ4n) is 1.61. The third-order valence-electron chi connectivity index (χ3n) is 2.49. The summed E-state index contributed by atoms with van der Waals surface area (Å²) in [5.74, 6) is -1.47. The average Bonchev–Trinajstić information content (AvgIpc) is 2.77. The maximum Gasteiger partial charge on any atom is 0.335 e. The third-order valence-corrected chi connectivity index (χ3v) is 3.41. The van der Waals surface area contributed by atoms with Gasteiger partial charge in [-0.2, -0.15) is 0 Å². The monoisotopic (exact) mass is 293 g/mol. The Kier molecular flexibility index (Phi) is 4.04. The van der Waals surface area contributed by atoms with Gasteiger partial charge < -0.3 is 10.2 Å². The van der Waals surface area contributed by atoms with Crippen LogP contribution in [-0.2, 0) is 4.79 Å². The second-order valence-electron chi connectivity index (χ2n) is 3.90. The first-order valence-corrected chi connectivity index (χ1v) is 6.58. The lowest BCUT2D eigenvalue weighted by molar-refractivity contribution is -0.133. The van der Waals surface area contributed by atoms with E-state index in [4.69, 9.17) is 10.2 Å². The highest BCUT2D eigenvalue weighted by atomic mass is 32.2. The molecule has 0 fully saturated rings. The van der Waals surface area contributed by atoms with Gasteiger partial charge in [-0.05, 0) is 31.2 Å². The van der Waals surface area contributed by atoms with Crippen molar-refractivity contribution in [1.29, 1.82) is 0 Å². The number of aromatic carboxylic acids is 1. The van der Waals surface area contributed by atoms with E-state index in [2.05, 4.69) is 10.2 Å². The normalized spacial score (nSPS) is 10.4. The molecule has 0 radical (unpaired) electrons. The number of thioether (sulfide) groups is 1. The molecular formula is C12H11N3O4S. The van der Waals surface area contributed by atoms with E-state index in [-0.39, 0.29) is 11.3 Å². The molecule has 7 nitrogen and oxygen atoms in total. The summed E-state index contributed by atoms with van der Waals surface area (Å²) in [6.45, 7) is 1.74. The number of aliphatic carboxylic acids is 1. The van der Waals surface area contributed by atoms with Crippen LogP contribution in [0.25, 0.3) is 5.69 Å². The Labute approximate surface area is 118 Å². The number of aromatic nitrogens is 3. The molecule has 0 unspecified atom stereocenters. The Balaban J connectivity index is 2.33. The van der Waals surface area contributed by atoms with E-state index in [1.165, 1.54) is 12.1 Å². The van der Waals surface area contributed by atoms with Crippen molar-refractivity contribution < 1.29 is 19.8 Å². The molecule has 2 aromatic rings. The van der Waals surface area contributed by atoms with Crippen LogP contribution in [0, 0.1) is 6.92 Å². The second-order valence-corrected chi connectivity index (χ2v) is 4.84. The summed E-state index contributed by atoms with van der Waals surface area (Å²) < 4.78 is 1.68. The zero-order chi connectivity index (χ0) is 14.7. The van der Waals surface area contributed by atoms with E-state index in [0.29, 0.717) is 16.7 Å². The van der Waals surface area contributed by atoms with Gasteiger partial charge in [0, 0.05) is 5.69 Å². The van der Waals surface area contributed by atoms with Crippen molar-refractivity contribution in [3.63, 3.8) is 0 Å². The van der Waals surface area contributed by atoms with E-state index in [1.54, 1.807) is 23.6 Å². The topological polar surface area (TPSA) is 105 Å². The maximum absolute atomic E-state index is 10.8. The largest absolute Gasteiger partial charge is 0.481 e. The molecule has 0 atom stereocenters. The molecule has 8 heteroatoms. The van der Waals surface area contributed by atoms with Gasteiger partial charge in [0.15, 0.2) is 5.16 Å². The number of nitrogens with zero attached hydrogens (tertiary/aromatic N) is 3. The summed E-state index contributed by atoms with van der Waals surface area (Å²) in [5.41, 5.74) is 0.865. The first-order valence-electron chi connectivity index (χ1n) is 5.59. The van der Waals surface area contributed by atoms with E-state index in [1.807, 2.05) is 0 Å². The van der Waals surface area contributed by atoms with E-state index < -0.39 is 11.9 Å². The predicted molar refractivity (Wildman–Crippen MR) is 71.4 cm³/mol. The van der Waals surface area contributed by atoms with Crippen LogP contribution < -0.4 is 0 Å². The van der Waals surface area contributed by atoms with E-state index >= 15 is 0 Å². The second kappa shape index (κ2) is 5.74. The van der Waals surface area contributed by atoms with Crippen molar-refractivity contribution in [2.45, 2.75) is 12.1 Å². The molecule has 0 saturated carbocycles. The highest BCUT2D eigenvalue weighted by Crippen LogP contribution is 2.21. The number of benzene rings is 1. The zero-order valence-electron chi connectivity index (χ0n) is 10.5. The van der Waals surface area contributed by atoms with Gasteiger partial charge >= 0.3 is 11.9 Å². The number of hydrogen-bond acceptors (Lipinski definition) is 5. The van der Waals surface area contributed by atoms with Crippen molar-refractivity contribution in [3.8, 4) is 5.69 Å². The van der Waals surface area contributed by atoms with Crippen LogP contribution in [0.5, 0.6) is 0 Å². The van der Waals surface area contributed by atoms with Crippen LogP contribution in [0.1, 0.15) is 16.2 Å². The lowest BCUT2D eigenvalue weighted by Gasteiger charge is -2.07. The van der Waals surface area contributed by atoms with Crippen LogP contribution in [0.15, 0.2) is 29.4 Å². The lowest BCUT2D eigenvalue weighted by Crippen LogP contribution is -2.03. The first-order chi connectivity index (χ1) is 9.49. The van der Waals surface area contributed by atoms with E-state index in [0.717, 1.165) is 11.8 Å². The Morgan fingerprint density at radius 2 is 1.85 bits per heavy atom. The lowest BCUT2D eigenvalue weighted by atomic mass is 10.2. The number of rotatable bonds is 5. The minimum absolute atomic E-state index is 0.120. The van der Waals surface area contributed by atoms with Crippen LogP contribution in [0.2, 0.25) is 0 Å². The third kappa shape index (κ3) is 2.97. The fourth-order valence-corrected chi connectivity index (χ4v) is 2.33. The Hall–Kier alpha value is -2.35. The molecule has 1 aromatic heterocycles. The van der Waals surface area contributed by atoms with Crippen LogP contribution in [0.3, 0.4) is 0 Å².